The molecule has 0 saturated carbocycles. The number of benzene rings is 2. The van der Waals surface area contributed by atoms with Crippen LogP contribution in [0.5, 0.6) is 0 Å². The molecule has 8 heteroatoms. The van der Waals surface area contributed by atoms with Crippen LogP contribution in [0.1, 0.15) is 41.3 Å². The van der Waals surface area contributed by atoms with E-state index >= 15 is 0 Å². The maximum Gasteiger partial charge on any atom is 0.262 e. The van der Waals surface area contributed by atoms with Crippen molar-refractivity contribution in [1.29, 1.82) is 0 Å². The molecule has 1 N–H and O–H groups in total. The molecule has 4 aromatic rings. The second-order valence-electron chi connectivity index (χ2n) is 9.19. The lowest BCUT2D eigenvalue weighted by atomic mass is 10.1. The fourth-order valence-corrected chi connectivity index (χ4v) is 4.56. The molecule has 0 radical (unpaired) electrons. The molecular weight excluding hydrogens is 462 g/mol. The maximum absolute atomic E-state index is 13.3. The summed E-state index contributed by atoms with van der Waals surface area (Å²) in [5.74, 6) is 0.655. The first-order valence-electron chi connectivity index (χ1n) is 12.5. The van der Waals surface area contributed by atoms with Crippen molar-refractivity contribution in [3.63, 3.8) is 0 Å². The molecule has 8 nitrogen and oxygen atoms in total. The number of hydrogen-bond acceptors (Lipinski definition) is 5. The van der Waals surface area contributed by atoms with Crippen molar-refractivity contribution in [3.8, 4) is 16.9 Å². The molecule has 2 aromatic heterocycles. The summed E-state index contributed by atoms with van der Waals surface area (Å²) in [6.45, 7) is 10.9. The average Bonchev–Trinajstić information content (AvgIpc) is 3.66. The van der Waals surface area contributed by atoms with E-state index in [-0.39, 0.29) is 5.91 Å². The van der Waals surface area contributed by atoms with Gasteiger partial charge in [0.25, 0.3) is 5.91 Å². The topological polar surface area (TPSA) is 80.3 Å². The average molecular weight is 494 g/mol. The molecule has 0 atom stereocenters. The fraction of sp³-hybridized carbons (Fsp3) is 0.241. The van der Waals surface area contributed by atoms with E-state index in [0.29, 0.717) is 17.2 Å². The van der Waals surface area contributed by atoms with Gasteiger partial charge in [-0.25, -0.2) is 14.4 Å². The molecule has 188 valence electrons. The number of aromatic nitrogens is 4. The Morgan fingerprint density at radius 3 is 2.51 bits per heavy atom. The molecule has 0 bridgehead atoms. The molecule has 0 unspecified atom stereocenters. The van der Waals surface area contributed by atoms with Crippen LogP contribution in [0.15, 0.2) is 72.4 Å². The van der Waals surface area contributed by atoms with E-state index in [4.69, 9.17) is 5.10 Å². The molecule has 3 heterocycles. The first-order chi connectivity index (χ1) is 18.1. The molecular formula is C29H31N7O. The summed E-state index contributed by atoms with van der Waals surface area (Å²) in [5, 5.41) is 12.1. The van der Waals surface area contributed by atoms with Crippen LogP contribution in [0.4, 0.5) is 11.6 Å². The van der Waals surface area contributed by atoms with Gasteiger partial charge in [-0.2, -0.15) is 10.2 Å². The van der Waals surface area contributed by atoms with Gasteiger partial charge < -0.3 is 5.32 Å². The van der Waals surface area contributed by atoms with Gasteiger partial charge in [-0.15, -0.1) is 0 Å². The van der Waals surface area contributed by atoms with Crippen LogP contribution >= 0.6 is 0 Å². The highest BCUT2D eigenvalue weighted by molar-refractivity contribution is 6.07. The van der Waals surface area contributed by atoms with Gasteiger partial charge in [-0.3, -0.25) is 9.69 Å². The number of amides is 1. The molecule has 37 heavy (non-hydrogen) atoms. The molecule has 5 rings (SSSR count). The molecule has 1 fully saturated rings. The molecule has 1 aliphatic rings. The highest BCUT2D eigenvalue weighted by Gasteiger charge is 2.20. The van der Waals surface area contributed by atoms with Crippen molar-refractivity contribution in [2.45, 2.75) is 33.2 Å². The number of aryl methyl sites for hydroxylation is 1. The summed E-state index contributed by atoms with van der Waals surface area (Å²) in [5.41, 5.74) is 5.41. The van der Waals surface area contributed by atoms with E-state index in [1.54, 1.807) is 17.8 Å². The molecule has 1 amide bonds. The smallest absolute Gasteiger partial charge is 0.262 e. The zero-order chi connectivity index (χ0) is 25.8. The Labute approximate surface area is 217 Å². The summed E-state index contributed by atoms with van der Waals surface area (Å²) in [7, 11) is 0. The summed E-state index contributed by atoms with van der Waals surface area (Å²) >= 11 is 0. The fourth-order valence-electron chi connectivity index (χ4n) is 4.56. The Balaban J connectivity index is 1.47. The van der Waals surface area contributed by atoms with E-state index in [0.717, 1.165) is 29.1 Å². The van der Waals surface area contributed by atoms with Crippen LogP contribution in [-0.4, -0.2) is 49.7 Å². The van der Waals surface area contributed by atoms with Crippen LogP contribution in [-0.2, 0) is 6.54 Å². The van der Waals surface area contributed by atoms with E-state index in [9.17, 15) is 4.79 Å². The molecule has 1 aliphatic heterocycles. The zero-order valence-corrected chi connectivity index (χ0v) is 21.3. The first kappa shape index (κ1) is 24.4. The molecule has 0 aliphatic carbocycles. The highest BCUT2D eigenvalue weighted by atomic mass is 16.1. The van der Waals surface area contributed by atoms with Gasteiger partial charge in [0.15, 0.2) is 5.82 Å². The predicted molar refractivity (Wildman–Crippen MR) is 149 cm³/mol. The van der Waals surface area contributed by atoms with Gasteiger partial charge in [0.2, 0.25) is 0 Å². The van der Waals surface area contributed by atoms with Crippen molar-refractivity contribution >= 4 is 30.0 Å². The van der Waals surface area contributed by atoms with E-state index in [2.05, 4.69) is 51.2 Å². The van der Waals surface area contributed by atoms with Crippen LogP contribution < -0.4 is 5.32 Å². The normalized spacial score (nSPS) is 13.9. The standard InChI is InChI=1S/C29H31N7O/c1-4-30-28-25(19-31-35(28)5-2)29(37)32-27-18-26(33-36(27)24-14-8-21(3)9-15-24)23-12-10-22(11-13-23)20-34-16-6-7-17-34/h4-5,8-15,18-19H,2,6-7,16-17,20H2,1,3H3,(H,32,37). The van der Waals surface area contributed by atoms with Gasteiger partial charge in [-0.05, 0) is 57.5 Å². The Morgan fingerprint density at radius 2 is 1.84 bits per heavy atom. The number of nitrogens with zero attached hydrogens (tertiary/aromatic N) is 6. The second-order valence-corrected chi connectivity index (χ2v) is 9.19. The number of nitrogens with one attached hydrogen (secondary N) is 1. The van der Waals surface area contributed by atoms with E-state index in [1.165, 1.54) is 48.6 Å². The number of rotatable bonds is 8. The molecule has 0 spiro atoms. The number of aliphatic imine (C=N–C) groups is 1. The number of carbonyl (C=O) groups excluding carboxylic acids is 1. The SMILES string of the molecule is C=Cn1ncc(C(=O)Nc2cc(-c3ccc(CN4CCCC4)cc3)nn2-c2ccc(C)cc2)c1N=CC. The Kier molecular flexibility index (Phi) is 7.09. The highest BCUT2D eigenvalue weighted by Crippen LogP contribution is 2.27. The second kappa shape index (κ2) is 10.8. The Hall–Kier alpha value is -4.30. The number of anilines is 1. The minimum atomic E-state index is -0.325. The van der Waals surface area contributed by atoms with Gasteiger partial charge in [0, 0.05) is 30.6 Å². The van der Waals surface area contributed by atoms with Crippen LogP contribution in [0, 0.1) is 6.92 Å². The van der Waals surface area contributed by atoms with Crippen LogP contribution in [0.2, 0.25) is 0 Å². The lowest BCUT2D eigenvalue weighted by molar-refractivity contribution is 0.102. The van der Waals surface area contributed by atoms with Crippen LogP contribution in [0.25, 0.3) is 23.1 Å². The van der Waals surface area contributed by atoms with E-state index < -0.39 is 0 Å². The molecule has 2 aromatic carbocycles. The largest absolute Gasteiger partial charge is 0.306 e. The number of hydrogen-bond donors (Lipinski definition) is 1. The Bertz CT molecular complexity index is 1420. The van der Waals surface area contributed by atoms with Gasteiger partial charge in [0.1, 0.15) is 11.4 Å². The lowest BCUT2D eigenvalue weighted by Crippen LogP contribution is -2.18. The third-order valence-electron chi connectivity index (χ3n) is 6.52. The Morgan fingerprint density at radius 1 is 1.11 bits per heavy atom. The number of carbonyl (C=O) groups is 1. The van der Waals surface area contributed by atoms with Gasteiger partial charge in [0.05, 0.1) is 17.6 Å². The van der Waals surface area contributed by atoms with Crippen LogP contribution in [0.3, 0.4) is 0 Å². The van der Waals surface area contributed by atoms with Crippen molar-refractivity contribution < 1.29 is 4.79 Å². The lowest BCUT2D eigenvalue weighted by Gasteiger charge is -2.14. The predicted octanol–water partition coefficient (Wildman–Crippen LogP) is 5.72. The summed E-state index contributed by atoms with van der Waals surface area (Å²) in [4.78, 5) is 20.1. The summed E-state index contributed by atoms with van der Waals surface area (Å²) in [6.07, 6.45) is 7.19. The maximum atomic E-state index is 13.3. The van der Waals surface area contributed by atoms with Crippen molar-refractivity contribution in [2.24, 2.45) is 4.99 Å². The first-order valence-corrected chi connectivity index (χ1v) is 12.5. The van der Waals surface area contributed by atoms with E-state index in [1.807, 2.05) is 37.3 Å². The summed E-state index contributed by atoms with van der Waals surface area (Å²) in [6, 6.07) is 18.4. The quantitative estimate of drug-likeness (QED) is 0.319. The van der Waals surface area contributed by atoms with Crippen molar-refractivity contribution in [1.82, 2.24) is 24.5 Å². The van der Waals surface area contributed by atoms with Gasteiger partial charge >= 0.3 is 0 Å². The van der Waals surface area contributed by atoms with Crippen molar-refractivity contribution in [3.05, 3.63) is 84.1 Å². The van der Waals surface area contributed by atoms with Gasteiger partial charge in [-0.1, -0.05) is 48.5 Å². The third kappa shape index (κ3) is 5.29. The number of likely N-dealkylation sites (tertiary alicyclic amines) is 1. The van der Waals surface area contributed by atoms with Crippen molar-refractivity contribution in [2.75, 3.05) is 18.4 Å². The molecule has 1 saturated heterocycles. The zero-order valence-electron chi connectivity index (χ0n) is 21.3. The minimum absolute atomic E-state index is 0.325. The minimum Gasteiger partial charge on any atom is -0.306 e. The third-order valence-corrected chi connectivity index (χ3v) is 6.52. The monoisotopic (exact) mass is 493 g/mol. The summed E-state index contributed by atoms with van der Waals surface area (Å²) < 4.78 is 3.23.